The Labute approximate surface area is 242 Å². The van der Waals surface area contributed by atoms with E-state index in [0.717, 1.165) is 25.7 Å². The van der Waals surface area contributed by atoms with Gasteiger partial charge in [0.15, 0.2) is 11.5 Å². The van der Waals surface area contributed by atoms with Crippen molar-refractivity contribution in [2.45, 2.75) is 84.0 Å². The summed E-state index contributed by atoms with van der Waals surface area (Å²) < 4.78 is 10.5. The van der Waals surface area contributed by atoms with Crippen molar-refractivity contribution >= 4 is 17.4 Å². The third-order valence-electron chi connectivity index (χ3n) is 6.57. The average molecular weight is 556 g/mol. The van der Waals surface area contributed by atoms with Gasteiger partial charge < -0.3 is 25.4 Å². The van der Waals surface area contributed by atoms with E-state index in [2.05, 4.69) is 53.8 Å². The molecule has 1 rings (SSSR count). The zero-order chi connectivity index (χ0) is 29.3. The van der Waals surface area contributed by atoms with Crippen molar-refractivity contribution in [2.24, 2.45) is 0 Å². The van der Waals surface area contributed by atoms with Crippen LogP contribution in [0, 0.1) is 0 Å². The Morgan fingerprint density at radius 3 is 2.08 bits per heavy atom. The van der Waals surface area contributed by atoms with E-state index >= 15 is 0 Å². The topological polar surface area (TPSA) is 88.7 Å². The van der Waals surface area contributed by atoms with E-state index in [9.17, 15) is 9.59 Å². The van der Waals surface area contributed by atoms with Gasteiger partial charge in [-0.2, -0.15) is 0 Å². The van der Waals surface area contributed by atoms with Crippen LogP contribution < -0.4 is 25.4 Å². The third-order valence-corrected chi connectivity index (χ3v) is 6.57. The number of amides is 2. The molecule has 0 atom stereocenters. The summed E-state index contributed by atoms with van der Waals surface area (Å²) in [5.41, 5.74) is 1.04. The van der Waals surface area contributed by atoms with Crippen LogP contribution in [0.3, 0.4) is 0 Å². The summed E-state index contributed by atoms with van der Waals surface area (Å²) in [6.45, 7) is 8.42. The molecule has 2 amide bonds. The summed E-state index contributed by atoms with van der Waals surface area (Å²) >= 11 is 0. The molecule has 224 valence electrons. The van der Waals surface area contributed by atoms with E-state index in [4.69, 9.17) is 9.47 Å². The Kier molecular flexibility index (Phi) is 20.8. The lowest BCUT2D eigenvalue weighted by atomic mass is 10.1. The van der Waals surface area contributed by atoms with Crippen molar-refractivity contribution < 1.29 is 19.1 Å². The highest BCUT2D eigenvalue weighted by Crippen LogP contribution is 2.29. The standard InChI is InChI=1S/C33H53N3O4/c1-5-6-7-8-9-10-11-12-13-14-15-16-17-18-19-20-32(37)35-25-23-34-24-26-36-33(38)28(2)29-21-22-30(39-3)31(27-29)40-4/h9-10,12-13,21-22,27,34H,2,5-8,11,14-20,23-26H2,1,3-4H3,(H,35,37)(H,36,38)/b10-9+,13-12+. The van der Waals surface area contributed by atoms with E-state index in [1.807, 2.05) is 0 Å². The van der Waals surface area contributed by atoms with Crippen LogP contribution >= 0.6 is 0 Å². The summed E-state index contributed by atoms with van der Waals surface area (Å²) in [5.74, 6) is 1.02. The minimum atomic E-state index is -0.236. The van der Waals surface area contributed by atoms with Crippen molar-refractivity contribution in [1.82, 2.24) is 16.0 Å². The number of rotatable bonds is 24. The molecule has 1 aromatic rings. The highest BCUT2D eigenvalue weighted by molar-refractivity contribution is 6.18. The first-order valence-corrected chi connectivity index (χ1v) is 15.0. The number of methoxy groups -OCH3 is 2. The van der Waals surface area contributed by atoms with E-state index in [0.29, 0.717) is 55.2 Å². The summed E-state index contributed by atoms with van der Waals surface area (Å²) in [6, 6.07) is 5.26. The van der Waals surface area contributed by atoms with E-state index in [-0.39, 0.29) is 11.8 Å². The van der Waals surface area contributed by atoms with Gasteiger partial charge in [0.05, 0.1) is 14.2 Å². The molecule has 40 heavy (non-hydrogen) atoms. The lowest BCUT2D eigenvalue weighted by Gasteiger charge is -2.12. The summed E-state index contributed by atoms with van der Waals surface area (Å²) in [7, 11) is 3.12. The number of nitrogens with one attached hydrogen (secondary N) is 3. The third kappa shape index (κ3) is 16.8. The molecule has 3 N–H and O–H groups in total. The molecule has 7 nitrogen and oxygen atoms in total. The molecule has 0 aliphatic carbocycles. The number of allylic oxidation sites excluding steroid dienone is 4. The average Bonchev–Trinajstić information content (AvgIpc) is 2.97. The zero-order valence-corrected chi connectivity index (χ0v) is 25.2. The second-order valence-electron chi connectivity index (χ2n) is 9.88. The Hall–Kier alpha value is -3.06. The Morgan fingerprint density at radius 2 is 1.40 bits per heavy atom. The molecule has 7 heteroatoms. The molecule has 0 unspecified atom stereocenters. The molecule has 0 saturated heterocycles. The molecule has 0 aliphatic heterocycles. The second kappa shape index (κ2) is 23.8. The Bertz CT molecular complexity index is 911. The fourth-order valence-electron chi connectivity index (χ4n) is 4.13. The maximum atomic E-state index is 12.4. The molecular weight excluding hydrogens is 502 g/mol. The van der Waals surface area contributed by atoms with Crippen LogP contribution in [0.5, 0.6) is 11.5 Å². The number of unbranched alkanes of at least 4 members (excludes halogenated alkanes) is 8. The van der Waals surface area contributed by atoms with Gasteiger partial charge in [-0.25, -0.2) is 0 Å². The van der Waals surface area contributed by atoms with Gasteiger partial charge in [0.25, 0.3) is 5.91 Å². The quantitative estimate of drug-likeness (QED) is 0.0786. The minimum Gasteiger partial charge on any atom is -0.493 e. The van der Waals surface area contributed by atoms with E-state index < -0.39 is 0 Å². The number of hydrogen-bond acceptors (Lipinski definition) is 5. The first-order chi connectivity index (χ1) is 19.5. The largest absolute Gasteiger partial charge is 0.493 e. The van der Waals surface area contributed by atoms with Gasteiger partial charge in [0, 0.05) is 38.2 Å². The first kappa shape index (κ1) is 35.0. The molecular formula is C33H53N3O4. The maximum Gasteiger partial charge on any atom is 0.251 e. The summed E-state index contributed by atoms with van der Waals surface area (Å²) in [4.78, 5) is 24.4. The first-order valence-electron chi connectivity index (χ1n) is 15.0. The zero-order valence-electron chi connectivity index (χ0n) is 25.2. The number of benzene rings is 1. The molecule has 0 bridgehead atoms. The SMILES string of the molecule is C=C(C(=O)NCCNCCNC(=O)CCCCCCC/C=C/C/C=C/CCCCC)c1ccc(OC)c(OC)c1. The van der Waals surface area contributed by atoms with Gasteiger partial charge in [-0.3, -0.25) is 9.59 Å². The second-order valence-corrected chi connectivity index (χ2v) is 9.88. The van der Waals surface area contributed by atoms with Crippen molar-refractivity contribution in [1.29, 1.82) is 0 Å². The van der Waals surface area contributed by atoms with Crippen molar-refractivity contribution in [3.8, 4) is 11.5 Å². The fraction of sp³-hybridized carbons (Fsp3) is 0.576. The van der Waals surface area contributed by atoms with Crippen LogP contribution in [-0.4, -0.2) is 52.2 Å². The molecule has 0 saturated carbocycles. The predicted octanol–water partition coefficient (Wildman–Crippen LogP) is 6.35. The number of carbonyl (C=O) groups is 2. The molecule has 0 aliphatic rings. The summed E-state index contributed by atoms with van der Waals surface area (Å²) in [5, 5.41) is 9.03. The Balaban J connectivity index is 1.97. The van der Waals surface area contributed by atoms with Crippen LogP contribution in [0.15, 0.2) is 49.1 Å². The number of ether oxygens (including phenoxy) is 2. The van der Waals surface area contributed by atoms with Gasteiger partial charge in [-0.1, -0.05) is 76.0 Å². The van der Waals surface area contributed by atoms with Gasteiger partial charge >= 0.3 is 0 Å². The lowest BCUT2D eigenvalue weighted by Crippen LogP contribution is -2.36. The number of hydrogen-bond donors (Lipinski definition) is 3. The van der Waals surface area contributed by atoms with E-state index in [1.165, 1.54) is 44.9 Å². The monoisotopic (exact) mass is 555 g/mol. The van der Waals surface area contributed by atoms with Crippen LogP contribution in [0.2, 0.25) is 0 Å². The van der Waals surface area contributed by atoms with Crippen molar-refractivity contribution in [3.05, 3.63) is 54.6 Å². The minimum absolute atomic E-state index is 0.104. The molecule has 0 radical (unpaired) electrons. The van der Waals surface area contributed by atoms with Gasteiger partial charge in [0.2, 0.25) is 5.91 Å². The molecule has 1 aromatic carbocycles. The predicted molar refractivity (Wildman–Crippen MR) is 167 cm³/mol. The summed E-state index contributed by atoms with van der Waals surface area (Å²) in [6.07, 6.45) is 22.7. The van der Waals surface area contributed by atoms with Crippen LogP contribution in [-0.2, 0) is 9.59 Å². The van der Waals surface area contributed by atoms with Crippen molar-refractivity contribution in [2.75, 3.05) is 40.4 Å². The van der Waals surface area contributed by atoms with Crippen LogP contribution in [0.1, 0.15) is 89.5 Å². The van der Waals surface area contributed by atoms with Crippen LogP contribution in [0.25, 0.3) is 5.57 Å². The molecule has 0 aromatic heterocycles. The highest BCUT2D eigenvalue weighted by Gasteiger charge is 2.12. The highest BCUT2D eigenvalue weighted by atomic mass is 16.5. The van der Waals surface area contributed by atoms with E-state index in [1.54, 1.807) is 32.4 Å². The van der Waals surface area contributed by atoms with Gasteiger partial charge in [-0.15, -0.1) is 0 Å². The lowest BCUT2D eigenvalue weighted by molar-refractivity contribution is -0.121. The van der Waals surface area contributed by atoms with Gasteiger partial charge in [-0.05, 0) is 56.2 Å². The molecule has 0 heterocycles. The molecule has 0 fully saturated rings. The maximum absolute atomic E-state index is 12.4. The molecule has 0 spiro atoms. The number of carbonyl (C=O) groups excluding carboxylic acids is 2. The fourth-order valence-corrected chi connectivity index (χ4v) is 4.13. The van der Waals surface area contributed by atoms with Crippen LogP contribution in [0.4, 0.5) is 0 Å². The normalized spacial score (nSPS) is 11.2. The Morgan fingerprint density at radius 1 is 0.775 bits per heavy atom. The van der Waals surface area contributed by atoms with Crippen molar-refractivity contribution in [3.63, 3.8) is 0 Å². The smallest absolute Gasteiger partial charge is 0.251 e. The van der Waals surface area contributed by atoms with Gasteiger partial charge in [0.1, 0.15) is 0 Å².